The lowest BCUT2D eigenvalue weighted by atomic mass is 10.1. The van der Waals surface area contributed by atoms with Crippen molar-refractivity contribution in [2.75, 3.05) is 23.4 Å². The number of nitrogens with one attached hydrogen (secondary N) is 2. The molecule has 0 heterocycles. The lowest BCUT2D eigenvalue weighted by molar-refractivity contribution is 0.0973. The van der Waals surface area contributed by atoms with Crippen molar-refractivity contribution in [3.8, 4) is 5.75 Å². The second-order valence-corrected chi connectivity index (χ2v) is 8.51. The van der Waals surface area contributed by atoms with E-state index in [1.165, 1.54) is 0 Å². The first-order valence-electron chi connectivity index (χ1n) is 11.2. The van der Waals surface area contributed by atoms with E-state index < -0.39 is 0 Å². The van der Waals surface area contributed by atoms with Gasteiger partial charge < -0.3 is 15.0 Å². The number of nitrogens with zero attached hydrogens (tertiary/aromatic N) is 1. The minimum atomic E-state index is -0.332. The van der Waals surface area contributed by atoms with Crippen molar-refractivity contribution in [2.45, 2.75) is 20.8 Å². The normalized spacial score (nSPS) is 10.5. The molecule has 2 amide bonds. The summed E-state index contributed by atoms with van der Waals surface area (Å²) in [5.41, 5.74) is 2.42. The lowest BCUT2D eigenvalue weighted by Crippen LogP contribution is -2.34. The van der Waals surface area contributed by atoms with Gasteiger partial charge in [-0.1, -0.05) is 38.1 Å². The van der Waals surface area contributed by atoms with E-state index in [9.17, 15) is 9.59 Å². The van der Waals surface area contributed by atoms with Gasteiger partial charge in [0.25, 0.3) is 11.8 Å². The van der Waals surface area contributed by atoms with Crippen molar-refractivity contribution in [3.05, 3.63) is 90.0 Å². The highest BCUT2D eigenvalue weighted by Gasteiger charge is 2.16. The average molecular weight is 476 g/mol. The highest BCUT2D eigenvalue weighted by molar-refractivity contribution is 7.80. The first-order valence-corrected chi connectivity index (χ1v) is 11.6. The second-order valence-electron chi connectivity index (χ2n) is 8.10. The number of ether oxygens (including phenoxy) is 1. The molecule has 0 radical (unpaired) electrons. The van der Waals surface area contributed by atoms with Crippen LogP contribution in [0.1, 0.15) is 41.5 Å². The standard InChI is InChI=1S/C27H29N3O3S/c1-4-30(23-11-6-5-7-12-23)26(32)21-9-8-10-22(17-21)28-27(34)29-25(31)20-13-15-24(16-14-20)33-18-19(2)3/h5-17,19H,4,18H2,1-3H3,(H2,28,29,31,34). The third-order valence-electron chi connectivity index (χ3n) is 4.92. The highest BCUT2D eigenvalue weighted by Crippen LogP contribution is 2.19. The Hall–Kier alpha value is -3.71. The number of rotatable bonds is 8. The van der Waals surface area contributed by atoms with Crippen LogP contribution < -0.4 is 20.3 Å². The zero-order valence-electron chi connectivity index (χ0n) is 19.6. The number of hydrogen-bond donors (Lipinski definition) is 2. The molecule has 0 unspecified atom stereocenters. The largest absolute Gasteiger partial charge is 0.493 e. The Morgan fingerprint density at radius 3 is 2.29 bits per heavy atom. The maximum Gasteiger partial charge on any atom is 0.258 e. The van der Waals surface area contributed by atoms with Gasteiger partial charge in [0.1, 0.15) is 5.75 Å². The number of benzene rings is 3. The van der Waals surface area contributed by atoms with E-state index in [4.69, 9.17) is 17.0 Å². The van der Waals surface area contributed by atoms with Crippen LogP contribution in [-0.2, 0) is 0 Å². The molecule has 0 aromatic heterocycles. The number of amides is 2. The maximum absolute atomic E-state index is 13.1. The van der Waals surface area contributed by atoms with Crippen LogP contribution in [0.25, 0.3) is 0 Å². The summed E-state index contributed by atoms with van der Waals surface area (Å²) < 4.78 is 5.65. The Kier molecular flexibility index (Phi) is 8.76. The summed E-state index contributed by atoms with van der Waals surface area (Å²) in [6, 6.07) is 23.4. The number of carbonyl (C=O) groups is 2. The first kappa shape index (κ1) is 24.9. The van der Waals surface area contributed by atoms with Crippen LogP contribution in [-0.4, -0.2) is 30.1 Å². The zero-order valence-corrected chi connectivity index (χ0v) is 20.4. The van der Waals surface area contributed by atoms with Crippen LogP contribution in [0.2, 0.25) is 0 Å². The molecule has 3 rings (SSSR count). The van der Waals surface area contributed by atoms with E-state index in [1.807, 2.05) is 37.3 Å². The number of hydrogen-bond acceptors (Lipinski definition) is 4. The quantitative estimate of drug-likeness (QED) is 0.420. The summed E-state index contributed by atoms with van der Waals surface area (Å²) >= 11 is 5.31. The third kappa shape index (κ3) is 6.89. The third-order valence-corrected chi connectivity index (χ3v) is 5.13. The fourth-order valence-corrected chi connectivity index (χ4v) is 3.45. The van der Waals surface area contributed by atoms with Gasteiger partial charge in [0.2, 0.25) is 0 Å². The molecule has 3 aromatic carbocycles. The molecule has 0 aliphatic carbocycles. The van der Waals surface area contributed by atoms with Crippen molar-refractivity contribution in [1.82, 2.24) is 5.32 Å². The van der Waals surface area contributed by atoms with Gasteiger partial charge in [-0.05, 0) is 79.7 Å². The molecule has 7 heteroatoms. The van der Waals surface area contributed by atoms with E-state index in [2.05, 4.69) is 24.5 Å². The summed E-state index contributed by atoms with van der Waals surface area (Å²) in [4.78, 5) is 27.3. The monoisotopic (exact) mass is 475 g/mol. The Morgan fingerprint density at radius 2 is 1.65 bits per heavy atom. The van der Waals surface area contributed by atoms with Gasteiger partial charge in [-0.2, -0.15) is 0 Å². The van der Waals surface area contributed by atoms with Gasteiger partial charge in [-0.25, -0.2) is 0 Å². The van der Waals surface area contributed by atoms with E-state index in [0.717, 1.165) is 5.69 Å². The lowest BCUT2D eigenvalue weighted by Gasteiger charge is -2.21. The van der Waals surface area contributed by atoms with Crippen molar-refractivity contribution in [2.24, 2.45) is 5.92 Å². The number of thiocarbonyl (C=S) groups is 1. The van der Waals surface area contributed by atoms with E-state index >= 15 is 0 Å². The van der Waals surface area contributed by atoms with E-state index in [-0.39, 0.29) is 16.9 Å². The predicted molar refractivity (Wildman–Crippen MR) is 141 cm³/mol. The van der Waals surface area contributed by atoms with Crippen molar-refractivity contribution >= 4 is 40.5 Å². The predicted octanol–water partition coefficient (Wildman–Crippen LogP) is 5.51. The van der Waals surface area contributed by atoms with Gasteiger partial charge in [0, 0.05) is 29.0 Å². The van der Waals surface area contributed by atoms with Gasteiger partial charge in [0.15, 0.2) is 5.11 Å². The zero-order chi connectivity index (χ0) is 24.5. The first-order chi connectivity index (χ1) is 16.4. The van der Waals surface area contributed by atoms with Gasteiger partial charge in [-0.15, -0.1) is 0 Å². The molecular formula is C27H29N3O3S. The SMILES string of the molecule is CCN(C(=O)c1cccc(NC(=S)NC(=O)c2ccc(OCC(C)C)cc2)c1)c1ccccc1. The fraction of sp³-hybridized carbons (Fsp3) is 0.222. The smallest absolute Gasteiger partial charge is 0.258 e. The average Bonchev–Trinajstić information content (AvgIpc) is 2.84. The molecule has 3 aromatic rings. The second kappa shape index (κ2) is 12.0. The van der Waals surface area contributed by atoms with Crippen molar-refractivity contribution < 1.29 is 14.3 Å². The minimum Gasteiger partial charge on any atom is -0.493 e. The fourth-order valence-electron chi connectivity index (χ4n) is 3.24. The van der Waals surface area contributed by atoms with Crippen LogP contribution in [0.15, 0.2) is 78.9 Å². The molecule has 34 heavy (non-hydrogen) atoms. The molecule has 0 spiro atoms. The maximum atomic E-state index is 13.1. The molecule has 0 aliphatic heterocycles. The Morgan fingerprint density at radius 1 is 0.941 bits per heavy atom. The Bertz CT molecular complexity index is 1130. The molecule has 6 nitrogen and oxygen atoms in total. The van der Waals surface area contributed by atoms with Crippen LogP contribution in [0.4, 0.5) is 11.4 Å². The highest BCUT2D eigenvalue weighted by atomic mass is 32.1. The van der Waals surface area contributed by atoms with Crippen LogP contribution in [0.3, 0.4) is 0 Å². The summed E-state index contributed by atoms with van der Waals surface area (Å²) in [6.07, 6.45) is 0. The van der Waals surface area contributed by atoms with Crippen LogP contribution in [0.5, 0.6) is 5.75 Å². The molecule has 0 bridgehead atoms. The molecule has 2 N–H and O–H groups in total. The van der Waals surface area contributed by atoms with Gasteiger partial charge in [-0.3, -0.25) is 14.9 Å². The molecule has 0 atom stereocenters. The van der Waals surface area contributed by atoms with E-state index in [0.29, 0.717) is 41.6 Å². The summed E-state index contributed by atoms with van der Waals surface area (Å²) in [6.45, 7) is 7.23. The molecule has 0 fully saturated rings. The number of carbonyl (C=O) groups excluding carboxylic acids is 2. The van der Waals surface area contributed by atoms with Gasteiger partial charge >= 0.3 is 0 Å². The molecule has 0 saturated carbocycles. The topological polar surface area (TPSA) is 70.7 Å². The molecule has 176 valence electrons. The molecule has 0 aliphatic rings. The molecular weight excluding hydrogens is 446 g/mol. The van der Waals surface area contributed by atoms with Crippen molar-refractivity contribution in [1.29, 1.82) is 0 Å². The summed E-state index contributed by atoms with van der Waals surface area (Å²) in [5.74, 6) is 0.682. The van der Waals surface area contributed by atoms with Crippen molar-refractivity contribution in [3.63, 3.8) is 0 Å². The minimum absolute atomic E-state index is 0.118. The summed E-state index contributed by atoms with van der Waals surface area (Å²) in [7, 11) is 0. The number of anilines is 2. The Labute approximate surface area is 205 Å². The molecule has 0 saturated heterocycles. The van der Waals surface area contributed by atoms with Crippen LogP contribution in [0, 0.1) is 5.92 Å². The summed E-state index contributed by atoms with van der Waals surface area (Å²) in [5, 5.41) is 5.79. The Balaban J connectivity index is 1.61. The van der Waals surface area contributed by atoms with E-state index in [1.54, 1.807) is 53.4 Å². The van der Waals surface area contributed by atoms with Gasteiger partial charge in [0.05, 0.1) is 6.61 Å². The number of para-hydroxylation sites is 1. The van der Waals surface area contributed by atoms with Crippen LogP contribution >= 0.6 is 12.2 Å².